The molecule has 1 aliphatic rings. The van der Waals surface area contributed by atoms with Crippen molar-refractivity contribution >= 4 is 44.0 Å². The van der Waals surface area contributed by atoms with Gasteiger partial charge in [0.15, 0.2) is 0 Å². The first-order chi connectivity index (χ1) is 9.46. The first kappa shape index (κ1) is 16.6. The topological polar surface area (TPSA) is 53.5 Å². The largest absolute Gasteiger partial charge is 0.304 e. The Bertz CT molecular complexity index is 737. The summed E-state index contributed by atoms with van der Waals surface area (Å²) in [5.41, 5.74) is 0.866. The molecule has 21 heavy (non-hydrogen) atoms. The van der Waals surface area contributed by atoms with E-state index in [1.807, 2.05) is 14.0 Å². The third kappa shape index (κ3) is 3.22. The van der Waals surface area contributed by atoms with Crippen LogP contribution in [0, 0.1) is 6.92 Å². The van der Waals surface area contributed by atoms with Gasteiger partial charge in [0.1, 0.15) is 0 Å². The Labute approximate surface area is 135 Å². The van der Waals surface area contributed by atoms with E-state index in [0.29, 0.717) is 18.0 Å². The molecule has 1 aromatic carbocycles. The molecule has 1 aromatic heterocycles. The fourth-order valence-corrected chi connectivity index (χ4v) is 4.75. The van der Waals surface area contributed by atoms with Crippen molar-refractivity contribution in [1.82, 2.24) is 14.2 Å². The zero-order chi connectivity index (χ0) is 14.3. The average molecular weight is 348 g/mol. The highest BCUT2D eigenvalue weighted by molar-refractivity contribution is 7.89. The van der Waals surface area contributed by atoms with Crippen LogP contribution in [-0.2, 0) is 10.0 Å². The van der Waals surface area contributed by atoms with Gasteiger partial charge in [0, 0.05) is 26.2 Å². The van der Waals surface area contributed by atoms with Gasteiger partial charge in [-0.05, 0) is 32.2 Å². The van der Waals surface area contributed by atoms with Crippen molar-refractivity contribution in [3.63, 3.8) is 0 Å². The Morgan fingerprint density at radius 2 is 1.86 bits per heavy atom. The first-order valence-corrected chi connectivity index (χ1v) is 8.78. The van der Waals surface area contributed by atoms with Crippen LogP contribution in [0.2, 0.25) is 0 Å². The molecule has 1 saturated heterocycles. The normalized spacial score (nSPS) is 17.8. The van der Waals surface area contributed by atoms with Gasteiger partial charge in [-0.25, -0.2) is 13.4 Å². The van der Waals surface area contributed by atoms with Gasteiger partial charge in [-0.1, -0.05) is 0 Å². The Balaban J connectivity index is 0.00000161. The van der Waals surface area contributed by atoms with Crippen LogP contribution in [-0.4, -0.2) is 55.8 Å². The van der Waals surface area contributed by atoms with E-state index in [0.717, 1.165) is 28.3 Å². The van der Waals surface area contributed by atoms with E-state index >= 15 is 0 Å². The van der Waals surface area contributed by atoms with Crippen LogP contribution in [0.25, 0.3) is 10.2 Å². The van der Waals surface area contributed by atoms with E-state index in [9.17, 15) is 8.42 Å². The number of rotatable bonds is 2. The smallest absolute Gasteiger partial charge is 0.243 e. The molecule has 0 saturated carbocycles. The van der Waals surface area contributed by atoms with Crippen LogP contribution in [0.15, 0.2) is 23.1 Å². The zero-order valence-corrected chi connectivity index (χ0v) is 14.4. The summed E-state index contributed by atoms with van der Waals surface area (Å²) in [7, 11) is -1.37. The van der Waals surface area contributed by atoms with Gasteiger partial charge in [0.25, 0.3) is 0 Å². The third-order valence-electron chi connectivity index (χ3n) is 3.57. The molecule has 8 heteroatoms. The summed E-state index contributed by atoms with van der Waals surface area (Å²) in [5, 5.41) is 0.953. The number of nitrogens with zero attached hydrogens (tertiary/aromatic N) is 3. The second-order valence-electron chi connectivity index (χ2n) is 5.07. The molecule has 5 nitrogen and oxygen atoms in total. The van der Waals surface area contributed by atoms with Crippen molar-refractivity contribution in [2.75, 3.05) is 33.2 Å². The van der Waals surface area contributed by atoms with Crippen LogP contribution in [0.3, 0.4) is 0 Å². The number of hydrogen-bond donors (Lipinski definition) is 0. The minimum absolute atomic E-state index is 0. The summed E-state index contributed by atoms with van der Waals surface area (Å²) in [6.45, 7) is 4.60. The second kappa shape index (κ2) is 6.18. The van der Waals surface area contributed by atoms with Crippen molar-refractivity contribution in [2.24, 2.45) is 0 Å². The molecule has 0 bridgehead atoms. The highest BCUT2D eigenvalue weighted by Gasteiger charge is 2.27. The number of fused-ring (bicyclic) bond motifs is 1. The van der Waals surface area contributed by atoms with Gasteiger partial charge >= 0.3 is 0 Å². The Morgan fingerprint density at radius 1 is 1.19 bits per heavy atom. The molecule has 3 rings (SSSR count). The number of likely N-dealkylation sites (N-methyl/N-ethyl adjacent to an activating group) is 1. The zero-order valence-electron chi connectivity index (χ0n) is 11.9. The molecule has 116 valence electrons. The number of halogens is 1. The molecule has 1 aliphatic heterocycles. The number of piperazine rings is 1. The Hall–Kier alpha value is -0.730. The van der Waals surface area contributed by atoms with Crippen molar-refractivity contribution in [2.45, 2.75) is 11.8 Å². The molecular formula is C13H18ClN3O2S2. The lowest BCUT2D eigenvalue weighted by Crippen LogP contribution is -2.46. The van der Waals surface area contributed by atoms with Crippen molar-refractivity contribution in [3.05, 3.63) is 23.2 Å². The maximum Gasteiger partial charge on any atom is 0.243 e. The summed E-state index contributed by atoms with van der Waals surface area (Å²) in [5.74, 6) is 0. The number of aryl methyl sites for hydroxylation is 1. The molecule has 0 spiro atoms. The van der Waals surface area contributed by atoms with Gasteiger partial charge in [0.2, 0.25) is 10.0 Å². The molecule has 0 atom stereocenters. The molecule has 0 aliphatic carbocycles. The molecule has 0 N–H and O–H groups in total. The predicted molar refractivity (Wildman–Crippen MR) is 87.9 cm³/mol. The third-order valence-corrected chi connectivity index (χ3v) is 6.40. The van der Waals surface area contributed by atoms with E-state index in [1.54, 1.807) is 22.5 Å². The minimum atomic E-state index is -3.38. The summed E-state index contributed by atoms with van der Waals surface area (Å²) in [6.07, 6.45) is 0. The van der Waals surface area contributed by atoms with Crippen molar-refractivity contribution in [1.29, 1.82) is 0 Å². The molecule has 2 aromatic rings. The van der Waals surface area contributed by atoms with Crippen LogP contribution in [0.1, 0.15) is 5.01 Å². The fraction of sp³-hybridized carbons (Fsp3) is 0.462. The SMILES string of the molecule is Cc1nc2ccc(S(=O)(=O)N3CCN(C)CC3)cc2s1.Cl. The minimum Gasteiger partial charge on any atom is -0.304 e. The lowest BCUT2D eigenvalue weighted by atomic mass is 10.3. The number of benzene rings is 1. The Morgan fingerprint density at radius 3 is 2.52 bits per heavy atom. The van der Waals surface area contributed by atoms with Gasteiger partial charge < -0.3 is 4.90 Å². The highest BCUT2D eigenvalue weighted by Crippen LogP contribution is 2.26. The van der Waals surface area contributed by atoms with Crippen LogP contribution in [0.5, 0.6) is 0 Å². The summed E-state index contributed by atoms with van der Waals surface area (Å²) in [4.78, 5) is 6.88. The molecule has 2 heterocycles. The van der Waals surface area contributed by atoms with Crippen molar-refractivity contribution < 1.29 is 8.42 Å². The second-order valence-corrected chi connectivity index (χ2v) is 8.24. The number of sulfonamides is 1. The maximum atomic E-state index is 12.6. The van der Waals surface area contributed by atoms with Gasteiger partial charge in [-0.2, -0.15) is 4.31 Å². The van der Waals surface area contributed by atoms with Gasteiger partial charge in [-0.15, -0.1) is 23.7 Å². The Kier molecular flexibility index (Phi) is 4.89. The lowest BCUT2D eigenvalue weighted by molar-refractivity contribution is 0.222. The quantitative estimate of drug-likeness (QED) is 0.833. The molecule has 0 amide bonds. The summed E-state index contributed by atoms with van der Waals surface area (Å²) < 4.78 is 27.8. The first-order valence-electron chi connectivity index (χ1n) is 6.53. The lowest BCUT2D eigenvalue weighted by Gasteiger charge is -2.31. The molecule has 0 radical (unpaired) electrons. The van der Waals surface area contributed by atoms with Gasteiger partial charge in [0.05, 0.1) is 20.1 Å². The summed E-state index contributed by atoms with van der Waals surface area (Å²) in [6, 6.07) is 5.20. The van der Waals surface area contributed by atoms with E-state index in [-0.39, 0.29) is 12.4 Å². The van der Waals surface area contributed by atoms with Crippen LogP contribution in [0.4, 0.5) is 0 Å². The fourth-order valence-electron chi connectivity index (χ4n) is 2.36. The molecule has 0 unspecified atom stereocenters. The average Bonchev–Trinajstić information content (AvgIpc) is 2.78. The van der Waals surface area contributed by atoms with E-state index in [2.05, 4.69) is 9.88 Å². The maximum absolute atomic E-state index is 12.6. The molecule has 1 fully saturated rings. The van der Waals surface area contributed by atoms with E-state index in [1.165, 1.54) is 11.3 Å². The summed E-state index contributed by atoms with van der Waals surface area (Å²) >= 11 is 1.53. The van der Waals surface area contributed by atoms with Crippen LogP contribution >= 0.6 is 23.7 Å². The predicted octanol–water partition coefficient (Wildman–Crippen LogP) is 1.96. The standard InChI is InChI=1S/C13H17N3O2S2.ClH/c1-10-14-12-4-3-11(9-13(12)19-10)20(17,18)16-7-5-15(2)6-8-16;/h3-4,9H,5-8H2,1-2H3;1H. The van der Waals surface area contributed by atoms with Crippen molar-refractivity contribution in [3.8, 4) is 0 Å². The number of thiazole rings is 1. The number of aromatic nitrogens is 1. The number of hydrogen-bond acceptors (Lipinski definition) is 5. The highest BCUT2D eigenvalue weighted by atomic mass is 35.5. The van der Waals surface area contributed by atoms with E-state index < -0.39 is 10.0 Å². The van der Waals surface area contributed by atoms with E-state index in [4.69, 9.17) is 0 Å². The van der Waals surface area contributed by atoms with Crippen LogP contribution < -0.4 is 0 Å². The monoisotopic (exact) mass is 347 g/mol. The molecular weight excluding hydrogens is 330 g/mol. The van der Waals surface area contributed by atoms with Gasteiger partial charge in [-0.3, -0.25) is 0 Å².